The fourth-order valence-electron chi connectivity index (χ4n) is 2.57. The number of benzene rings is 1. The Kier molecular flexibility index (Phi) is 6.07. The lowest BCUT2D eigenvalue weighted by atomic mass is 9.98. The van der Waals surface area contributed by atoms with Crippen molar-refractivity contribution in [1.82, 2.24) is 4.90 Å². The Bertz CT molecular complexity index is 482. The summed E-state index contributed by atoms with van der Waals surface area (Å²) in [4.78, 5) is 14.8. The topological polar surface area (TPSA) is 29.5 Å². The molecule has 0 saturated carbocycles. The normalized spacial score (nSPS) is 16.9. The average molecular weight is 310 g/mol. The van der Waals surface area contributed by atoms with Gasteiger partial charge in [-0.15, -0.1) is 0 Å². The highest BCUT2D eigenvalue weighted by atomic mass is 35.5. The first kappa shape index (κ1) is 16.3. The zero-order chi connectivity index (χ0) is 15.2. The molecule has 0 amide bonds. The molecular formula is C17H24ClNO2. The van der Waals surface area contributed by atoms with Gasteiger partial charge in [0.15, 0.2) is 5.78 Å². The Morgan fingerprint density at radius 3 is 2.76 bits per heavy atom. The molecule has 0 N–H and O–H groups in total. The van der Waals surface area contributed by atoms with Gasteiger partial charge in [-0.05, 0) is 56.5 Å². The summed E-state index contributed by atoms with van der Waals surface area (Å²) in [6.07, 6.45) is 3.25. The lowest BCUT2D eigenvalue weighted by Gasteiger charge is -2.29. The van der Waals surface area contributed by atoms with Gasteiger partial charge in [0, 0.05) is 5.02 Å². The number of ether oxygens (including phenoxy) is 1. The molecule has 21 heavy (non-hydrogen) atoms. The molecule has 1 aromatic rings. The van der Waals surface area contributed by atoms with Gasteiger partial charge >= 0.3 is 0 Å². The van der Waals surface area contributed by atoms with Gasteiger partial charge in [0.25, 0.3) is 0 Å². The van der Waals surface area contributed by atoms with Crippen LogP contribution in [0.4, 0.5) is 0 Å². The third-order valence-corrected chi connectivity index (χ3v) is 4.18. The number of piperidine rings is 1. The molecule has 2 rings (SSSR count). The summed E-state index contributed by atoms with van der Waals surface area (Å²) in [6.45, 7) is 7.38. The summed E-state index contributed by atoms with van der Waals surface area (Å²) in [6, 6.07) is 5.29. The Balaban J connectivity index is 2.05. The van der Waals surface area contributed by atoms with Crippen molar-refractivity contribution < 1.29 is 9.53 Å². The summed E-state index contributed by atoms with van der Waals surface area (Å²) in [7, 11) is 0. The molecule has 1 aliphatic rings. The number of likely N-dealkylation sites (tertiary alicyclic amines) is 1. The van der Waals surface area contributed by atoms with Crippen LogP contribution in [0, 0.1) is 5.92 Å². The largest absolute Gasteiger partial charge is 0.493 e. The monoisotopic (exact) mass is 309 g/mol. The molecule has 0 unspecified atom stereocenters. The Hall–Kier alpha value is -1.06. The second-order valence-electron chi connectivity index (χ2n) is 5.87. The molecule has 1 aromatic carbocycles. The summed E-state index contributed by atoms with van der Waals surface area (Å²) in [5, 5.41) is 0.578. The van der Waals surface area contributed by atoms with Gasteiger partial charge in [0.2, 0.25) is 0 Å². The molecule has 116 valence electrons. The predicted octanol–water partition coefficient (Wildman–Crippen LogP) is 4.04. The Labute approximate surface area is 132 Å². The SMILES string of the molecule is CCCOc1ccc(Cl)cc1C(=O)CN1CCC(C)CC1. The second-order valence-corrected chi connectivity index (χ2v) is 6.31. The lowest BCUT2D eigenvalue weighted by molar-refractivity contribution is 0.0896. The van der Waals surface area contributed by atoms with E-state index in [1.807, 2.05) is 6.92 Å². The molecule has 3 nitrogen and oxygen atoms in total. The maximum absolute atomic E-state index is 12.6. The van der Waals surface area contributed by atoms with Crippen LogP contribution < -0.4 is 4.74 Å². The van der Waals surface area contributed by atoms with E-state index < -0.39 is 0 Å². The average Bonchev–Trinajstić information content (AvgIpc) is 2.48. The second kappa shape index (κ2) is 7.81. The summed E-state index contributed by atoms with van der Waals surface area (Å²) in [5.74, 6) is 1.51. The third kappa shape index (κ3) is 4.72. The number of nitrogens with zero attached hydrogens (tertiary/aromatic N) is 1. The van der Waals surface area contributed by atoms with Crippen LogP contribution in [0.3, 0.4) is 0 Å². The molecule has 0 aliphatic carbocycles. The van der Waals surface area contributed by atoms with Crippen molar-refractivity contribution in [3.05, 3.63) is 28.8 Å². The first-order valence-electron chi connectivity index (χ1n) is 7.78. The van der Waals surface area contributed by atoms with E-state index in [-0.39, 0.29) is 5.78 Å². The minimum Gasteiger partial charge on any atom is -0.493 e. The van der Waals surface area contributed by atoms with Crippen LogP contribution in [-0.4, -0.2) is 36.9 Å². The van der Waals surface area contributed by atoms with Gasteiger partial charge in [-0.2, -0.15) is 0 Å². The van der Waals surface area contributed by atoms with Crippen LogP contribution in [0.1, 0.15) is 43.5 Å². The highest BCUT2D eigenvalue weighted by Gasteiger charge is 2.20. The van der Waals surface area contributed by atoms with Gasteiger partial charge in [-0.3, -0.25) is 9.69 Å². The molecule has 0 aromatic heterocycles. The lowest BCUT2D eigenvalue weighted by Crippen LogP contribution is -2.36. The van der Waals surface area contributed by atoms with Gasteiger partial charge < -0.3 is 4.74 Å². The fourth-order valence-corrected chi connectivity index (χ4v) is 2.74. The van der Waals surface area contributed by atoms with E-state index in [0.717, 1.165) is 25.4 Å². The van der Waals surface area contributed by atoms with Gasteiger partial charge in [0.1, 0.15) is 5.75 Å². The van der Waals surface area contributed by atoms with Crippen molar-refractivity contribution in [2.75, 3.05) is 26.2 Å². The van der Waals surface area contributed by atoms with Crippen LogP contribution in [-0.2, 0) is 0 Å². The molecule has 4 heteroatoms. The van der Waals surface area contributed by atoms with E-state index >= 15 is 0 Å². The highest BCUT2D eigenvalue weighted by Crippen LogP contribution is 2.25. The van der Waals surface area contributed by atoms with Gasteiger partial charge in [-0.1, -0.05) is 25.4 Å². The number of hydrogen-bond acceptors (Lipinski definition) is 3. The van der Waals surface area contributed by atoms with E-state index in [9.17, 15) is 4.79 Å². The summed E-state index contributed by atoms with van der Waals surface area (Å²) < 4.78 is 5.67. The van der Waals surface area contributed by atoms with Gasteiger partial charge in [0.05, 0.1) is 18.7 Å². The van der Waals surface area contributed by atoms with Crippen LogP contribution in [0.25, 0.3) is 0 Å². The number of Topliss-reactive ketones (excluding diaryl/α,β-unsaturated/α-hetero) is 1. The standard InChI is InChI=1S/C17H24ClNO2/c1-3-10-21-17-5-4-14(18)11-15(17)16(20)12-19-8-6-13(2)7-9-19/h4-5,11,13H,3,6-10,12H2,1-2H3. The quantitative estimate of drug-likeness (QED) is 0.743. The van der Waals surface area contributed by atoms with E-state index in [1.54, 1.807) is 18.2 Å². The zero-order valence-electron chi connectivity index (χ0n) is 12.9. The number of hydrogen-bond donors (Lipinski definition) is 0. The van der Waals surface area contributed by atoms with E-state index in [4.69, 9.17) is 16.3 Å². The number of carbonyl (C=O) groups excluding carboxylic acids is 1. The molecule has 1 heterocycles. The molecule has 1 saturated heterocycles. The third-order valence-electron chi connectivity index (χ3n) is 3.95. The molecule has 1 aliphatic heterocycles. The highest BCUT2D eigenvalue weighted by molar-refractivity contribution is 6.31. The van der Waals surface area contributed by atoms with E-state index in [1.165, 1.54) is 12.8 Å². The first-order chi connectivity index (χ1) is 10.1. The number of halogens is 1. The van der Waals surface area contributed by atoms with Crippen LogP contribution in [0.2, 0.25) is 5.02 Å². The predicted molar refractivity (Wildman–Crippen MR) is 86.4 cm³/mol. The number of ketones is 1. The molecule has 1 fully saturated rings. The maximum Gasteiger partial charge on any atom is 0.180 e. The number of rotatable bonds is 6. The Morgan fingerprint density at radius 2 is 2.10 bits per heavy atom. The van der Waals surface area contributed by atoms with E-state index in [2.05, 4.69) is 11.8 Å². The van der Waals surface area contributed by atoms with Crippen LogP contribution >= 0.6 is 11.6 Å². The van der Waals surface area contributed by atoms with Crippen molar-refractivity contribution in [3.63, 3.8) is 0 Å². The first-order valence-corrected chi connectivity index (χ1v) is 8.16. The van der Waals surface area contributed by atoms with Crippen LogP contribution in [0.15, 0.2) is 18.2 Å². The smallest absolute Gasteiger partial charge is 0.180 e. The van der Waals surface area contributed by atoms with Crippen molar-refractivity contribution >= 4 is 17.4 Å². The molecule has 0 spiro atoms. The molecular weight excluding hydrogens is 286 g/mol. The molecule has 0 radical (unpaired) electrons. The van der Waals surface area contributed by atoms with Gasteiger partial charge in [-0.25, -0.2) is 0 Å². The van der Waals surface area contributed by atoms with Crippen LogP contribution in [0.5, 0.6) is 5.75 Å². The maximum atomic E-state index is 12.6. The minimum atomic E-state index is 0.0955. The zero-order valence-corrected chi connectivity index (χ0v) is 13.7. The van der Waals surface area contributed by atoms with Crippen molar-refractivity contribution in [1.29, 1.82) is 0 Å². The molecule has 0 atom stereocenters. The van der Waals surface area contributed by atoms with Crippen molar-refractivity contribution in [2.45, 2.75) is 33.1 Å². The van der Waals surface area contributed by atoms with Crippen molar-refractivity contribution in [2.24, 2.45) is 5.92 Å². The summed E-state index contributed by atoms with van der Waals surface area (Å²) in [5.41, 5.74) is 0.606. The number of carbonyl (C=O) groups is 1. The summed E-state index contributed by atoms with van der Waals surface area (Å²) >= 11 is 6.04. The Morgan fingerprint density at radius 1 is 1.38 bits per heavy atom. The minimum absolute atomic E-state index is 0.0955. The van der Waals surface area contributed by atoms with Crippen molar-refractivity contribution in [3.8, 4) is 5.75 Å². The fraction of sp³-hybridized carbons (Fsp3) is 0.588. The van der Waals surface area contributed by atoms with E-state index in [0.29, 0.717) is 29.5 Å². The molecule has 0 bridgehead atoms.